The zero-order valence-corrected chi connectivity index (χ0v) is 14.8. The Bertz CT molecular complexity index is 841. The first-order valence-corrected chi connectivity index (χ1v) is 8.34. The van der Waals surface area contributed by atoms with Gasteiger partial charge in [-0.2, -0.15) is 23.3 Å². The first kappa shape index (κ1) is 18.5. The summed E-state index contributed by atoms with van der Waals surface area (Å²) >= 11 is 3.24. The van der Waals surface area contributed by atoms with Crippen molar-refractivity contribution in [1.82, 2.24) is 9.99 Å². The molecule has 1 aliphatic heterocycles. The van der Waals surface area contributed by atoms with E-state index in [-0.39, 0.29) is 17.1 Å². The van der Waals surface area contributed by atoms with Gasteiger partial charge in [0.05, 0.1) is 18.6 Å². The van der Waals surface area contributed by atoms with Crippen LogP contribution >= 0.6 is 15.9 Å². The van der Waals surface area contributed by atoms with Crippen LogP contribution in [0.3, 0.4) is 0 Å². The number of nitrogens with zero attached hydrogens (tertiary/aromatic N) is 3. The van der Waals surface area contributed by atoms with Crippen LogP contribution in [-0.4, -0.2) is 38.6 Å². The molecule has 1 N–H and O–H groups in total. The second-order valence-electron chi connectivity index (χ2n) is 5.78. The number of pyridine rings is 1. The minimum atomic E-state index is -5.05. The summed E-state index contributed by atoms with van der Waals surface area (Å²) in [6.07, 6.45) is -3.36. The van der Waals surface area contributed by atoms with E-state index in [0.717, 1.165) is 4.47 Å². The van der Waals surface area contributed by atoms with E-state index >= 15 is 0 Å². The number of aliphatic hydroxyl groups is 1. The van der Waals surface area contributed by atoms with Gasteiger partial charge in [-0.05, 0) is 35.4 Å². The van der Waals surface area contributed by atoms with Crippen LogP contribution in [-0.2, 0) is 11.2 Å². The number of amides is 1. The topological polar surface area (TPSA) is 65.8 Å². The number of halogens is 4. The van der Waals surface area contributed by atoms with Gasteiger partial charge in [-0.25, -0.2) is 0 Å². The monoisotopic (exact) mass is 427 g/mol. The molecule has 1 amide bonds. The lowest BCUT2D eigenvalue weighted by Gasteiger charge is -2.32. The summed E-state index contributed by atoms with van der Waals surface area (Å²) in [4.78, 5) is 16.2. The first-order valence-electron chi connectivity index (χ1n) is 7.55. The maximum atomic E-state index is 13.5. The molecule has 0 bridgehead atoms. The molecule has 2 heterocycles. The summed E-state index contributed by atoms with van der Waals surface area (Å²) in [6.45, 7) is 0. The van der Waals surface area contributed by atoms with Gasteiger partial charge in [0.15, 0.2) is 0 Å². The third-order valence-corrected chi connectivity index (χ3v) is 4.49. The Balaban J connectivity index is 1.94. The molecule has 136 valence electrons. The van der Waals surface area contributed by atoms with Gasteiger partial charge in [0.25, 0.3) is 5.72 Å². The van der Waals surface area contributed by atoms with Crippen molar-refractivity contribution >= 4 is 27.5 Å². The molecule has 1 aliphatic rings. The van der Waals surface area contributed by atoms with Crippen molar-refractivity contribution in [2.75, 3.05) is 0 Å². The maximum absolute atomic E-state index is 13.5. The van der Waals surface area contributed by atoms with Crippen molar-refractivity contribution in [2.24, 2.45) is 5.10 Å². The zero-order valence-electron chi connectivity index (χ0n) is 13.2. The predicted octanol–water partition coefficient (Wildman–Crippen LogP) is 3.27. The van der Waals surface area contributed by atoms with Crippen LogP contribution in [0.2, 0.25) is 0 Å². The van der Waals surface area contributed by atoms with Crippen LogP contribution in [0.25, 0.3) is 0 Å². The molecule has 1 unspecified atom stereocenters. The molecular formula is C17H13BrF3N3O2. The van der Waals surface area contributed by atoms with Crippen molar-refractivity contribution in [3.05, 3.63) is 64.4 Å². The van der Waals surface area contributed by atoms with Crippen molar-refractivity contribution in [3.63, 3.8) is 0 Å². The molecule has 3 rings (SSSR count). The Morgan fingerprint density at radius 3 is 2.38 bits per heavy atom. The Hall–Kier alpha value is -2.26. The fourth-order valence-corrected chi connectivity index (χ4v) is 2.85. The van der Waals surface area contributed by atoms with Crippen LogP contribution in [0.4, 0.5) is 13.2 Å². The summed E-state index contributed by atoms with van der Waals surface area (Å²) < 4.78 is 41.3. The fourth-order valence-electron chi connectivity index (χ4n) is 2.58. The molecule has 0 aliphatic carbocycles. The third-order valence-electron chi connectivity index (χ3n) is 3.96. The number of alkyl halides is 3. The molecule has 0 fully saturated rings. The van der Waals surface area contributed by atoms with Crippen LogP contribution in [0.5, 0.6) is 0 Å². The molecule has 1 aromatic carbocycles. The second-order valence-corrected chi connectivity index (χ2v) is 6.70. The highest BCUT2D eigenvalue weighted by Crippen LogP contribution is 2.41. The normalized spacial score (nSPS) is 20.2. The molecular weight excluding hydrogens is 415 g/mol. The minimum absolute atomic E-state index is 0.0135. The molecule has 26 heavy (non-hydrogen) atoms. The number of carbonyl (C=O) groups excluding carboxylic acids is 1. The van der Waals surface area contributed by atoms with Gasteiger partial charge < -0.3 is 5.11 Å². The standard InChI is InChI=1S/C17H13BrF3N3O2/c18-13-3-1-12(2-4-13)14-10-16(26,17(19,20)21)24(23-14)15(25)9-11-5-7-22-8-6-11/h1-8,26H,9-10H2. The van der Waals surface area contributed by atoms with Gasteiger partial charge in [-0.1, -0.05) is 28.1 Å². The lowest BCUT2D eigenvalue weighted by atomic mass is 10.0. The second kappa shape index (κ2) is 6.81. The SMILES string of the molecule is O=C(Cc1ccncc1)N1N=C(c2ccc(Br)cc2)CC1(O)C(F)(F)F. The van der Waals surface area contributed by atoms with E-state index in [2.05, 4.69) is 26.0 Å². The summed E-state index contributed by atoms with van der Waals surface area (Å²) in [5.41, 5.74) is -2.52. The quantitative estimate of drug-likeness (QED) is 0.817. The summed E-state index contributed by atoms with van der Waals surface area (Å²) in [5.74, 6) is -0.955. The lowest BCUT2D eigenvalue weighted by molar-refractivity contribution is -0.302. The van der Waals surface area contributed by atoms with Gasteiger partial charge >= 0.3 is 6.18 Å². The molecule has 9 heteroatoms. The molecule has 1 aromatic heterocycles. The van der Waals surface area contributed by atoms with Gasteiger partial charge in [-0.3, -0.25) is 9.78 Å². The Kier molecular flexibility index (Phi) is 4.85. The Labute approximate surface area is 155 Å². The van der Waals surface area contributed by atoms with Gasteiger partial charge in [-0.15, -0.1) is 0 Å². The molecule has 0 radical (unpaired) electrons. The number of rotatable bonds is 3. The number of hydrogen-bond acceptors (Lipinski definition) is 4. The minimum Gasteiger partial charge on any atom is -0.362 e. The van der Waals surface area contributed by atoms with E-state index in [0.29, 0.717) is 11.1 Å². The summed E-state index contributed by atoms with van der Waals surface area (Å²) in [7, 11) is 0. The zero-order chi connectivity index (χ0) is 18.9. The van der Waals surface area contributed by atoms with Crippen molar-refractivity contribution in [3.8, 4) is 0 Å². The van der Waals surface area contributed by atoms with Crippen LogP contribution in [0.1, 0.15) is 17.5 Å². The van der Waals surface area contributed by atoms with E-state index in [1.54, 1.807) is 24.3 Å². The van der Waals surface area contributed by atoms with E-state index in [9.17, 15) is 23.1 Å². The fraction of sp³-hybridized carbons (Fsp3) is 0.235. The van der Waals surface area contributed by atoms with Crippen LogP contribution in [0, 0.1) is 0 Å². The molecule has 0 saturated carbocycles. The Morgan fingerprint density at radius 1 is 1.19 bits per heavy atom. The molecule has 0 spiro atoms. The van der Waals surface area contributed by atoms with E-state index in [4.69, 9.17) is 0 Å². The van der Waals surface area contributed by atoms with E-state index in [1.807, 2.05) is 0 Å². The first-order chi connectivity index (χ1) is 12.2. The molecule has 0 saturated heterocycles. The van der Waals surface area contributed by atoms with Crippen LogP contribution < -0.4 is 0 Å². The summed E-state index contributed by atoms with van der Waals surface area (Å²) in [5, 5.41) is 14.2. The van der Waals surface area contributed by atoms with Gasteiger partial charge in [0.1, 0.15) is 0 Å². The number of hydrazone groups is 1. The van der Waals surface area contributed by atoms with Crippen LogP contribution in [0.15, 0.2) is 58.4 Å². The van der Waals surface area contributed by atoms with Crippen molar-refractivity contribution in [1.29, 1.82) is 0 Å². The highest BCUT2D eigenvalue weighted by atomic mass is 79.9. The number of carbonyl (C=O) groups is 1. The highest BCUT2D eigenvalue weighted by molar-refractivity contribution is 9.10. The number of aromatic nitrogens is 1. The third kappa shape index (κ3) is 3.49. The largest absolute Gasteiger partial charge is 0.438 e. The van der Waals surface area contributed by atoms with Gasteiger partial charge in [0.2, 0.25) is 5.91 Å². The highest BCUT2D eigenvalue weighted by Gasteiger charge is 2.63. The molecule has 5 nitrogen and oxygen atoms in total. The number of hydrogen-bond donors (Lipinski definition) is 1. The summed E-state index contributed by atoms with van der Waals surface area (Å²) in [6, 6.07) is 9.45. The maximum Gasteiger partial charge on any atom is 0.438 e. The van der Waals surface area contributed by atoms with Crippen molar-refractivity contribution in [2.45, 2.75) is 24.7 Å². The Morgan fingerprint density at radius 2 is 1.81 bits per heavy atom. The lowest BCUT2D eigenvalue weighted by Crippen LogP contribution is -2.57. The average Bonchev–Trinajstić information content (AvgIpc) is 2.95. The van der Waals surface area contributed by atoms with E-state index < -0.39 is 24.2 Å². The molecule has 1 atom stereocenters. The van der Waals surface area contributed by atoms with Gasteiger partial charge in [0, 0.05) is 16.9 Å². The van der Waals surface area contributed by atoms with E-state index in [1.165, 1.54) is 24.5 Å². The molecule has 2 aromatic rings. The number of benzene rings is 1. The smallest absolute Gasteiger partial charge is 0.362 e. The average molecular weight is 428 g/mol. The predicted molar refractivity (Wildman–Crippen MR) is 91.1 cm³/mol. The van der Waals surface area contributed by atoms with Crippen molar-refractivity contribution < 1.29 is 23.1 Å².